The van der Waals surface area contributed by atoms with Gasteiger partial charge in [-0.15, -0.1) is 0 Å². The van der Waals surface area contributed by atoms with E-state index in [0.717, 1.165) is 29.2 Å². The van der Waals surface area contributed by atoms with Gasteiger partial charge in [0.1, 0.15) is 6.54 Å². The van der Waals surface area contributed by atoms with Crippen molar-refractivity contribution in [2.75, 3.05) is 23.9 Å². The van der Waals surface area contributed by atoms with Crippen LogP contribution in [0.3, 0.4) is 0 Å². The summed E-state index contributed by atoms with van der Waals surface area (Å²) in [5.74, 6) is -2.21. The first-order valence-corrected chi connectivity index (χ1v) is 9.63. The molecule has 11 heteroatoms. The van der Waals surface area contributed by atoms with Crippen molar-refractivity contribution in [2.45, 2.75) is 12.6 Å². The highest BCUT2D eigenvalue weighted by Gasteiger charge is 2.32. The summed E-state index contributed by atoms with van der Waals surface area (Å²) >= 11 is 0. The molecule has 1 aromatic carbocycles. The van der Waals surface area contributed by atoms with E-state index in [1.165, 1.54) is 19.4 Å². The number of hydrogen-bond donors (Lipinski definition) is 1. The number of benzene rings is 1. The maximum absolute atomic E-state index is 14.9. The van der Waals surface area contributed by atoms with Gasteiger partial charge in [-0.05, 0) is 30.3 Å². The van der Waals surface area contributed by atoms with Crippen LogP contribution in [0.2, 0.25) is 0 Å². The predicted octanol–water partition coefficient (Wildman–Crippen LogP) is 3.84. The molecular weight excluding hydrogens is 444 g/mol. The van der Waals surface area contributed by atoms with Crippen molar-refractivity contribution in [3.8, 4) is 17.0 Å². The summed E-state index contributed by atoms with van der Waals surface area (Å²) in [5.41, 5.74) is -0.0124. The Bertz CT molecular complexity index is 1230. The molecule has 4 rings (SSSR count). The van der Waals surface area contributed by atoms with E-state index in [0.29, 0.717) is 11.3 Å². The van der Waals surface area contributed by atoms with Crippen LogP contribution in [0.4, 0.5) is 28.9 Å². The molecule has 0 radical (unpaired) electrons. The van der Waals surface area contributed by atoms with Crippen LogP contribution < -0.4 is 15.0 Å². The number of methoxy groups -OCH3 is 1. The van der Waals surface area contributed by atoms with E-state index in [1.54, 1.807) is 12.1 Å². The minimum Gasteiger partial charge on any atom is -0.481 e. The van der Waals surface area contributed by atoms with Gasteiger partial charge in [0.2, 0.25) is 23.6 Å². The van der Waals surface area contributed by atoms with Crippen LogP contribution in [0.25, 0.3) is 11.1 Å². The number of pyridine rings is 2. The SMILES string of the molecule is COc1cc2c(c(F)n1)-c1cccnc1CC(=O)N2CC(=O)Nc1ccc(C(F)(F)F)cc1. The number of hydrogen-bond acceptors (Lipinski definition) is 5. The van der Waals surface area contributed by atoms with Gasteiger partial charge in [0.25, 0.3) is 0 Å². The van der Waals surface area contributed by atoms with E-state index in [2.05, 4.69) is 15.3 Å². The molecule has 170 valence electrons. The van der Waals surface area contributed by atoms with Crippen molar-refractivity contribution in [2.24, 2.45) is 0 Å². The Morgan fingerprint density at radius 3 is 2.61 bits per heavy atom. The van der Waals surface area contributed by atoms with Crippen LogP contribution in [-0.2, 0) is 22.2 Å². The molecule has 1 N–H and O–H groups in total. The number of amides is 2. The molecule has 0 spiro atoms. The van der Waals surface area contributed by atoms with Crippen molar-refractivity contribution in [1.29, 1.82) is 0 Å². The third-order valence-electron chi connectivity index (χ3n) is 5.01. The fraction of sp³-hybridized carbons (Fsp3) is 0.182. The quantitative estimate of drug-likeness (QED) is 0.473. The highest BCUT2D eigenvalue weighted by atomic mass is 19.4. The molecule has 1 aliphatic heterocycles. The Kier molecular flexibility index (Phi) is 5.71. The van der Waals surface area contributed by atoms with E-state index >= 15 is 0 Å². The molecule has 7 nitrogen and oxygen atoms in total. The van der Waals surface area contributed by atoms with Gasteiger partial charge in [-0.2, -0.15) is 22.5 Å². The van der Waals surface area contributed by atoms with Gasteiger partial charge in [0.15, 0.2) is 0 Å². The van der Waals surface area contributed by atoms with E-state index < -0.39 is 36.0 Å². The fourth-order valence-electron chi connectivity index (χ4n) is 3.49. The van der Waals surface area contributed by atoms with Crippen LogP contribution in [0, 0.1) is 5.95 Å². The van der Waals surface area contributed by atoms with Gasteiger partial charge in [-0.1, -0.05) is 6.07 Å². The summed E-state index contributed by atoms with van der Waals surface area (Å²) in [6.45, 7) is -0.520. The second-order valence-corrected chi connectivity index (χ2v) is 7.13. The smallest absolute Gasteiger partial charge is 0.416 e. The number of halogens is 4. The summed E-state index contributed by atoms with van der Waals surface area (Å²) in [7, 11) is 1.28. The van der Waals surface area contributed by atoms with Gasteiger partial charge in [0.05, 0.1) is 36.0 Å². The van der Waals surface area contributed by atoms with Crippen molar-refractivity contribution in [1.82, 2.24) is 9.97 Å². The zero-order valence-corrected chi connectivity index (χ0v) is 17.1. The number of carbonyl (C=O) groups is 2. The molecule has 0 atom stereocenters. The first-order valence-electron chi connectivity index (χ1n) is 9.63. The number of ether oxygens (including phenoxy) is 1. The highest BCUT2D eigenvalue weighted by molar-refractivity contribution is 6.07. The number of nitrogens with zero attached hydrogens (tertiary/aromatic N) is 3. The van der Waals surface area contributed by atoms with Gasteiger partial charge >= 0.3 is 6.18 Å². The topological polar surface area (TPSA) is 84.4 Å². The van der Waals surface area contributed by atoms with E-state index in [1.807, 2.05) is 0 Å². The van der Waals surface area contributed by atoms with Crippen LogP contribution in [0.1, 0.15) is 11.3 Å². The zero-order valence-electron chi connectivity index (χ0n) is 17.1. The third kappa shape index (κ3) is 4.47. The number of nitrogens with one attached hydrogen (secondary N) is 1. The Balaban J connectivity index is 1.66. The molecule has 1 aliphatic rings. The Hall–Kier alpha value is -4.02. The van der Waals surface area contributed by atoms with Crippen molar-refractivity contribution >= 4 is 23.2 Å². The maximum Gasteiger partial charge on any atom is 0.416 e. The molecule has 0 fully saturated rings. The monoisotopic (exact) mass is 460 g/mol. The van der Waals surface area contributed by atoms with Crippen LogP contribution in [-0.4, -0.2) is 35.4 Å². The molecule has 0 saturated carbocycles. The lowest BCUT2D eigenvalue weighted by molar-refractivity contribution is -0.137. The molecule has 3 heterocycles. The summed E-state index contributed by atoms with van der Waals surface area (Å²) in [6.07, 6.45) is -3.24. The molecule has 3 aromatic rings. The summed E-state index contributed by atoms with van der Waals surface area (Å²) in [4.78, 5) is 34.6. The second-order valence-electron chi connectivity index (χ2n) is 7.13. The highest BCUT2D eigenvalue weighted by Crippen LogP contribution is 2.39. The molecule has 0 unspecified atom stereocenters. The molecule has 33 heavy (non-hydrogen) atoms. The second kappa shape index (κ2) is 8.49. The average molecular weight is 460 g/mol. The Labute approximate surface area is 185 Å². The van der Waals surface area contributed by atoms with Crippen molar-refractivity contribution in [3.63, 3.8) is 0 Å². The third-order valence-corrected chi connectivity index (χ3v) is 5.01. The molecule has 2 aromatic heterocycles. The van der Waals surface area contributed by atoms with Crippen LogP contribution in [0.15, 0.2) is 48.7 Å². The number of rotatable bonds is 4. The van der Waals surface area contributed by atoms with Crippen LogP contribution in [0.5, 0.6) is 5.88 Å². The number of fused-ring (bicyclic) bond motifs is 3. The average Bonchev–Trinajstić information content (AvgIpc) is 2.88. The minimum absolute atomic E-state index is 0.00733. The van der Waals surface area contributed by atoms with E-state index in [4.69, 9.17) is 4.74 Å². The lowest BCUT2D eigenvalue weighted by Gasteiger charge is -2.23. The molecule has 2 amide bonds. The minimum atomic E-state index is -4.51. The number of aromatic nitrogens is 2. The van der Waals surface area contributed by atoms with Crippen LogP contribution >= 0.6 is 0 Å². The zero-order chi connectivity index (χ0) is 23.8. The Morgan fingerprint density at radius 1 is 1.21 bits per heavy atom. The molecule has 0 bridgehead atoms. The maximum atomic E-state index is 14.9. The molecule has 0 aliphatic carbocycles. The van der Waals surface area contributed by atoms with Gasteiger partial charge in [-0.25, -0.2) is 0 Å². The number of anilines is 2. The summed E-state index contributed by atoms with van der Waals surface area (Å²) in [6, 6.07) is 8.38. The first-order chi connectivity index (χ1) is 15.7. The largest absolute Gasteiger partial charge is 0.481 e. The van der Waals surface area contributed by atoms with Gasteiger partial charge in [-0.3, -0.25) is 14.6 Å². The lowest BCUT2D eigenvalue weighted by atomic mass is 10.0. The molecular formula is C22H16F4N4O3. The van der Waals surface area contributed by atoms with Gasteiger partial charge in [0, 0.05) is 23.5 Å². The Morgan fingerprint density at radius 2 is 1.94 bits per heavy atom. The van der Waals surface area contributed by atoms with E-state index in [9.17, 15) is 27.2 Å². The molecule has 0 saturated heterocycles. The number of carbonyl (C=O) groups excluding carboxylic acids is 2. The summed E-state index contributed by atoms with van der Waals surface area (Å²) < 4.78 is 58.2. The number of alkyl halides is 3. The van der Waals surface area contributed by atoms with Crippen molar-refractivity contribution < 1.29 is 31.9 Å². The predicted molar refractivity (Wildman–Crippen MR) is 110 cm³/mol. The normalized spacial score (nSPS) is 13.1. The van der Waals surface area contributed by atoms with Crippen molar-refractivity contribution in [3.05, 3.63) is 65.9 Å². The first kappa shape index (κ1) is 22.2. The lowest BCUT2D eigenvalue weighted by Crippen LogP contribution is -2.38. The van der Waals surface area contributed by atoms with E-state index in [-0.39, 0.29) is 29.2 Å². The standard InChI is InChI=1S/C22H16F4N4O3/c1-33-18-10-16-20(21(23)29-18)14-3-2-8-27-15(14)9-19(32)30(16)11-17(31)28-13-6-4-12(5-7-13)22(24,25)26/h2-8,10H,9,11H2,1H3,(H,28,31). The summed E-state index contributed by atoms with van der Waals surface area (Å²) in [5, 5.41) is 2.45. The van der Waals surface area contributed by atoms with Gasteiger partial charge < -0.3 is 15.0 Å². The fourth-order valence-corrected chi connectivity index (χ4v) is 3.49.